The van der Waals surface area contributed by atoms with Crippen molar-refractivity contribution < 1.29 is 28.9 Å². The molecular formula is C19H21NO6. The van der Waals surface area contributed by atoms with Crippen LogP contribution in [0.4, 0.5) is 0 Å². The molecule has 0 aliphatic carbocycles. The molecule has 7 heteroatoms. The second-order valence-electron chi connectivity index (χ2n) is 6.94. The lowest BCUT2D eigenvalue weighted by Crippen LogP contribution is -2.39. The Balaban J connectivity index is 1.48. The number of hydrogen-bond acceptors (Lipinski definition) is 5. The SMILES string of the molecule is COc1ccc(CCN2C[C@@]34C=C[C@@H](O3)[C@@H](C(=O)O)[C@H]4C2=O)cc1OC. The highest BCUT2D eigenvalue weighted by Gasteiger charge is 2.66. The van der Waals surface area contributed by atoms with Gasteiger partial charge in [-0.15, -0.1) is 0 Å². The molecule has 26 heavy (non-hydrogen) atoms. The Morgan fingerprint density at radius 1 is 1.35 bits per heavy atom. The van der Waals surface area contributed by atoms with Crippen LogP contribution in [0.1, 0.15) is 5.56 Å². The Morgan fingerprint density at radius 2 is 2.12 bits per heavy atom. The summed E-state index contributed by atoms with van der Waals surface area (Å²) in [5.74, 6) is -1.23. The van der Waals surface area contributed by atoms with Crippen molar-refractivity contribution in [1.29, 1.82) is 0 Å². The Hall–Kier alpha value is -2.54. The molecule has 1 spiro atoms. The largest absolute Gasteiger partial charge is 0.493 e. The summed E-state index contributed by atoms with van der Waals surface area (Å²) in [6.45, 7) is 0.904. The number of hydrogen-bond donors (Lipinski definition) is 1. The number of benzene rings is 1. The third kappa shape index (κ3) is 2.38. The van der Waals surface area contributed by atoms with E-state index in [0.29, 0.717) is 31.0 Å². The lowest BCUT2D eigenvalue weighted by molar-refractivity contribution is -0.148. The number of likely N-dealkylation sites (tertiary alicyclic amines) is 1. The molecule has 2 fully saturated rings. The predicted octanol–water partition coefficient (Wildman–Crippen LogP) is 1.11. The molecule has 1 N–H and O–H groups in total. The van der Waals surface area contributed by atoms with Gasteiger partial charge in [-0.1, -0.05) is 18.2 Å². The van der Waals surface area contributed by atoms with Gasteiger partial charge >= 0.3 is 5.97 Å². The van der Waals surface area contributed by atoms with Crippen LogP contribution in [-0.4, -0.2) is 60.9 Å². The number of ether oxygens (including phenoxy) is 3. The maximum Gasteiger partial charge on any atom is 0.310 e. The van der Waals surface area contributed by atoms with Crippen LogP contribution in [0.3, 0.4) is 0 Å². The quantitative estimate of drug-likeness (QED) is 0.766. The minimum atomic E-state index is -0.971. The molecule has 0 radical (unpaired) electrons. The Kier molecular flexibility index (Phi) is 3.91. The number of methoxy groups -OCH3 is 2. The third-order valence-electron chi connectivity index (χ3n) is 5.58. The van der Waals surface area contributed by atoms with Gasteiger partial charge in [0.2, 0.25) is 5.91 Å². The van der Waals surface area contributed by atoms with E-state index in [2.05, 4.69) is 0 Å². The smallest absolute Gasteiger partial charge is 0.310 e. The van der Waals surface area contributed by atoms with Gasteiger partial charge in [-0.3, -0.25) is 9.59 Å². The zero-order chi connectivity index (χ0) is 18.5. The van der Waals surface area contributed by atoms with E-state index in [1.54, 1.807) is 25.2 Å². The van der Waals surface area contributed by atoms with Crippen molar-refractivity contribution in [3.05, 3.63) is 35.9 Å². The second-order valence-corrected chi connectivity index (χ2v) is 6.94. The van der Waals surface area contributed by atoms with Crippen LogP contribution in [0.5, 0.6) is 11.5 Å². The van der Waals surface area contributed by atoms with Gasteiger partial charge in [-0.05, 0) is 24.1 Å². The monoisotopic (exact) mass is 359 g/mol. The molecule has 0 saturated carbocycles. The van der Waals surface area contributed by atoms with Crippen LogP contribution in [-0.2, 0) is 20.7 Å². The number of amides is 1. The molecule has 3 aliphatic heterocycles. The molecule has 2 saturated heterocycles. The highest BCUT2D eigenvalue weighted by molar-refractivity contribution is 5.90. The van der Waals surface area contributed by atoms with Crippen molar-refractivity contribution in [3.63, 3.8) is 0 Å². The highest BCUT2D eigenvalue weighted by Crippen LogP contribution is 2.51. The molecule has 1 aromatic rings. The van der Waals surface area contributed by atoms with Crippen molar-refractivity contribution in [3.8, 4) is 11.5 Å². The van der Waals surface area contributed by atoms with E-state index in [0.717, 1.165) is 5.56 Å². The van der Waals surface area contributed by atoms with Crippen molar-refractivity contribution >= 4 is 11.9 Å². The molecule has 1 aromatic carbocycles. The van der Waals surface area contributed by atoms with Crippen molar-refractivity contribution in [1.82, 2.24) is 4.90 Å². The average molecular weight is 359 g/mol. The number of fused-ring (bicyclic) bond motifs is 1. The summed E-state index contributed by atoms with van der Waals surface area (Å²) in [6, 6.07) is 5.66. The maximum absolute atomic E-state index is 12.8. The van der Waals surface area contributed by atoms with Gasteiger partial charge in [0, 0.05) is 6.54 Å². The summed E-state index contributed by atoms with van der Waals surface area (Å²) < 4.78 is 16.4. The zero-order valence-electron chi connectivity index (χ0n) is 14.7. The van der Waals surface area contributed by atoms with Crippen LogP contribution < -0.4 is 9.47 Å². The van der Waals surface area contributed by atoms with Crippen LogP contribution in [0.2, 0.25) is 0 Å². The van der Waals surface area contributed by atoms with Gasteiger partial charge in [-0.25, -0.2) is 0 Å². The molecule has 4 atom stereocenters. The second kappa shape index (κ2) is 6.02. The third-order valence-corrected chi connectivity index (χ3v) is 5.58. The van der Waals surface area contributed by atoms with Gasteiger partial charge in [0.1, 0.15) is 11.5 Å². The van der Waals surface area contributed by atoms with E-state index in [1.165, 1.54) is 0 Å². The molecule has 0 unspecified atom stereocenters. The summed E-state index contributed by atoms with van der Waals surface area (Å²) >= 11 is 0. The number of carboxylic acid groups (broad SMARTS) is 1. The van der Waals surface area contributed by atoms with E-state index in [9.17, 15) is 14.7 Å². The number of carbonyl (C=O) groups excluding carboxylic acids is 1. The summed E-state index contributed by atoms with van der Waals surface area (Å²) in [5, 5.41) is 9.49. The predicted molar refractivity (Wildman–Crippen MR) is 91.2 cm³/mol. The highest BCUT2D eigenvalue weighted by atomic mass is 16.5. The normalized spacial score (nSPS) is 31.4. The minimum Gasteiger partial charge on any atom is -0.493 e. The summed E-state index contributed by atoms with van der Waals surface area (Å²) in [6.07, 6.45) is 3.80. The first-order valence-electron chi connectivity index (χ1n) is 8.59. The number of rotatable bonds is 6. The Bertz CT molecular complexity index is 790. The van der Waals surface area contributed by atoms with E-state index >= 15 is 0 Å². The average Bonchev–Trinajstić information content (AvgIpc) is 3.27. The standard InChI is InChI=1S/C19H21NO6/c1-24-12-4-3-11(9-14(12)25-2)6-8-20-10-19-7-5-13(26-19)15(18(22)23)16(19)17(20)21/h3-5,7,9,13,15-16H,6,8,10H2,1-2H3,(H,22,23)/t13-,15-,16+,19-/m1/s1. The van der Waals surface area contributed by atoms with Crippen molar-refractivity contribution in [2.75, 3.05) is 27.3 Å². The molecule has 0 aromatic heterocycles. The number of aliphatic carboxylic acids is 1. The molecule has 2 bridgehead atoms. The maximum atomic E-state index is 12.8. The van der Waals surface area contributed by atoms with E-state index in [-0.39, 0.29) is 5.91 Å². The molecule has 3 aliphatic rings. The fourth-order valence-corrected chi connectivity index (χ4v) is 4.35. The van der Waals surface area contributed by atoms with Gasteiger partial charge in [0.25, 0.3) is 0 Å². The number of carboxylic acids is 1. The van der Waals surface area contributed by atoms with Gasteiger partial charge in [0.05, 0.1) is 32.8 Å². The zero-order valence-corrected chi connectivity index (χ0v) is 14.7. The summed E-state index contributed by atoms with van der Waals surface area (Å²) in [4.78, 5) is 26.1. The topological polar surface area (TPSA) is 85.3 Å². The first kappa shape index (κ1) is 16.9. The van der Waals surface area contributed by atoms with Crippen LogP contribution >= 0.6 is 0 Å². The van der Waals surface area contributed by atoms with E-state index < -0.39 is 29.5 Å². The Morgan fingerprint density at radius 3 is 2.81 bits per heavy atom. The fraction of sp³-hybridized carbons (Fsp3) is 0.474. The van der Waals surface area contributed by atoms with E-state index in [4.69, 9.17) is 14.2 Å². The van der Waals surface area contributed by atoms with Gasteiger partial charge in [-0.2, -0.15) is 0 Å². The molecule has 4 rings (SSSR count). The van der Waals surface area contributed by atoms with Crippen LogP contribution in [0.25, 0.3) is 0 Å². The summed E-state index contributed by atoms with van der Waals surface area (Å²) in [7, 11) is 3.16. The van der Waals surface area contributed by atoms with Crippen molar-refractivity contribution in [2.24, 2.45) is 11.8 Å². The number of carbonyl (C=O) groups is 2. The fourth-order valence-electron chi connectivity index (χ4n) is 4.35. The minimum absolute atomic E-state index is 0.135. The summed E-state index contributed by atoms with van der Waals surface area (Å²) in [5.41, 5.74) is 0.239. The lowest BCUT2D eigenvalue weighted by Gasteiger charge is -2.21. The van der Waals surface area contributed by atoms with Crippen molar-refractivity contribution in [2.45, 2.75) is 18.1 Å². The van der Waals surface area contributed by atoms with Gasteiger partial charge in [0.15, 0.2) is 11.5 Å². The molecule has 138 valence electrons. The van der Waals surface area contributed by atoms with Crippen LogP contribution in [0, 0.1) is 11.8 Å². The molecular weight excluding hydrogens is 338 g/mol. The van der Waals surface area contributed by atoms with Gasteiger partial charge < -0.3 is 24.2 Å². The Labute approximate surface area is 151 Å². The first-order valence-corrected chi connectivity index (χ1v) is 8.59. The molecule has 7 nitrogen and oxygen atoms in total. The van der Waals surface area contributed by atoms with Crippen LogP contribution in [0.15, 0.2) is 30.4 Å². The molecule has 1 amide bonds. The van der Waals surface area contributed by atoms with E-state index in [1.807, 2.05) is 24.3 Å². The number of nitrogens with zero attached hydrogens (tertiary/aromatic N) is 1. The molecule has 3 heterocycles. The first-order chi connectivity index (χ1) is 12.5. The lowest BCUT2D eigenvalue weighted by atomic mass is 9.77.